The van der Waals surface area contributed by atoms with Crippen molar-refractivity contribution in [3.8, 4) is 11.5 Å². The molecule has 0 bridgehead atoms. The summed E-state index contributed by atoms with van der Waals surface area (Å²) in [6.45, 7) is 7.02. The molecule has 0 N–H and O–H groups in total. The van der Waals surface area contributed by atoms with Gasteiger partial charge in [0.25, 0.3) is 0 Å². The third-order valence-corrected chi connectivity index (χ3v) is 3.84. The van der Waals surface area contributed by atoms with Crippen LogP contribution in [0.15, 0.2) is 35.2 Å². The number of furan rings is 1. The smallest absolute Gasteiger partial charge is 0.410 e. The molecule has 0 atom stereocenters. The van der Waals surface area contributed by atoms with Crippen molar-refractivity contribution in [1.29, 1.82) is 0 Å². The summed E-state index contributed by atoms with van der Waals surface area (Å²) in [5.74, 6) is 1.53. The highest BCUT2D eigenvalue weighted by molar-refractivity contribution is 5.69. The van der Waals surface area contributed by atoms with Crippen LogP contribution < -0.4 is 4.90 Å². The van der Waals surface area contributed by atoms with E-state index >= 15 is 0 Å². The second-order valence-corrected chi connectivity index (χ2v) is 6.89. The summed E-state index contributed by atoms with van der Waals surface area (Å²) in [6, 6.07) is 5.69. The van der Waals surface area contributed by atoms with E-state index in [-0.39, 0.29) is 12.1 Å². The van der Waals surface area contributed by atoms with Crippen molar-refractivity contribution >= 4 is 11.9 Å². The number of hydrogen-bond acceptors (Lipinski definition) is 6. The average molecular weight is 330 g/mol. The number of ether oxygens (including phenoxy) is 1. The maximum atomic E-state index is 12.1. The Balaban J connectivity index is 1.61. The molecular formula is C17H22N4O3. The van der Waals surface area contributed by atoms with Crippen LogP contribution in [0.3, 0.4) is 0 Å². The van der Waals surface area contributed by atoms with Crippen LogP contribution in [0.2, 0.25) is 0 Å². The Morgan fingerprint density at radius 1 is 1.38 bits per heavy atom. The zero-order chi connectivity index (χ0) is 17.3. The van der Waals surface area contributed by atoms with Gasteiger partial charge in [0.15, 0.2) is 5.76 Å². The van der Waals surface area contributed by atoms with E-state index in [0.29, 0.717) is 18.8 Å². The molecule has 1 aliphatic heterocycles. The van der Waals surface area contributed by atoms with Gasteiger partial charge in [-0.25, -0.2) is 14.8 Å². The summed E-state index contributed by atoms with van der Waals surface area (Å²) in [4.78, 5) is 24.4. The van der Waals surface area contributed by atoms with Crippen LogP contribution in [-0.4, -0.2) is 52.7 Å². The van der Waals surface area contributed by atoms with Gasteiger partial charge in [-0.3, -0.25) is 0 Å². The number of likely N-dealkylation sites (N-methyl/N-ethyl adjacent to an activating group) is 1. The predicted molar refractivity (Wildman–Crippen MR) is 89.7 cm³/mol. The Kier molecular flexibility index (Phi) is 4.17. The normalized spacial score (nSPS) is 15.1. The lowest BCUT2D eigenvalue weighted by Crippen LogP contribution is -2.60. The Hall–Kier alpha value is -2.57. The van der Waals surface area contributed by atoms with Crippen LogP contribution in [0.25, 0.3) is 11.5 Å². The zero-order valence-electron chi connectivity index (χ0n) is 14.4. The second kappa shape index (κ2) is 6.14. The zero-order valence-corrected chi connectivity index (χ0v) is 14.4. The lowest BCUT2D eigenvalue weighted by Gasteiger charge is -2.44. The largest absolute Gasteiger partial charge is 0.463 e. The van der Waals surface area contributed by atoms with E-state index in [9.17, 15) is 4.79 Å². The fourth-order valence-electron chi connectivity index (χ4n) is 2.45. The van der Waals surface area contributed by atoms with Gasteiger partial charge in [-0.1, -0.05) is 0 Å². The highest BCUT2D eigenvalue weighted by Crippen LogP contribution is 2.26. The third kappa shape index (κ3) is 3.50. The van der Waals surface area contributed by atoms with E-state index in [1.165, 1.54) is 6.33 Å². The molecule has 2 aromatic heterocycles. The maximum absolute atomic E-state index is 12.1. The molecule has 24 heavy (non-hydrogen) atoms. The van der Waals surface area contributed by atoms with Crippen LogP contribution in [0.4, 0.5) is 10.6 Å². The molecule has 0 spiro atoms. The molecule has 128 valence electrons. The van der Waals surface area contributed by atoms with E-state index in [2.05, 4.69) is 14.9 Å². The third-order valence-electron chi connectivity index (χ3n) is 3.84. The van der Waals surface area contributed by atoms with E-state index in [1.807, 2.05) is 39.0 Å². The highest BCUT2D eigenvalue weighted by atomic mass is 16.6. The average Bonchev–Trinajstić information content (AvgIpc) is 2.98. The van der Waals surface area contributed by atoms with Gasteiger partial charge in [-0.05, 0) is 32.9 Å². The quantitative estimate of drug-likeness (QED) is 0.862. The number of rotatable bonds is 3. The molecule has 0 radical (unpaired) electrons. The maximum Gasteiger partial charge on any atom is 0.410 e. The molecule has 0 saturated carbocycles. The van der Waals surface area contributed by atoms with Gasteiger partial charge < -0.3 is 19.0 Å². The van der Waals surface area contributed by atoms with Gasteiger partial charge in [0.1, 0.15) is 23.4 Å². The number of hydrogen-bond donors (Lipinski definition) is 0. The molecule has 1 aliphatic rings. The van der Waals surface area contributed by atoms with Crippen molar-refractivity contribution in [1.82, 2.24) is 14.9 Å². The van der Waals surface area contributed by atoms with Crippen molar-refractivity contribution in [3.05, 3.63) is 30.8 Å². The van der Waals surface area contributed by atoms with Crippen molar-refractivity contribution in [3.63, 3.8) is 0 Å². The van der Waals surface area contributed by atoms with Gasteiger partial charge in [-0.15, -0.1) is 0 Å². The highest BCUT2D eigenvalue weighted by Gasteiger charge is 2.35. The molecule has 1 fully saturated rings. The topological polar surface area (TPSA) is 71.7 Å². The van der Waals surface area contributed by atoms with Gasteiger partial charge in [0.05, 0.1) is 12.3 Å². The number of carbonyl (C=O) groups excluding carboxylic acids is 1. The fourth-order valence-corrected chi connectivity index (χ4v) is 2.45. The first-order valence-electron chi connectivity index (χ1n) is 7.90. The number of carbonyl (C=O) groups is 1. The van der Waals surface area contributed by atoms with Crippen LogP contribution in [0, 0.1) is 0 Å². The van der Waals surface area contributed by atoms with Crippen LogP contribution in [0.1, 0.15) is 20.8 Å². The van der Waals surface area contributed by atoms with E-state index in [1.54, 1.807) is 18.2 Å². The number of anilines is 1. The van der Waals surface area contributed by atoms with Crippen molar-refractivity contribution in [2.45, 2.75) is 32.4 Å². The fraction of sp³-hybridized carbons (Fsp3) is 0.471. The van der Waals surface area contributed by atoms with Gasteiger partial charge in [-0.2, -0.15) is 0 Å². The molecule has 0 unspecified atom stereocenters. The van der Waals surface area contributed by atoms with Gasteiger partial charge in [0, 0.05) is 26.2 Å². The summed E-state index contributed by atoms with van der Waals surface area (Å²) in [6.07, 6.45) is 2.84. The lowest BCUT2D eigenvalue weighted by atomic mass is 10.1. The SMILES string of the molecule is CN(C(=O)OC(C)(C)C)C1CN(c2cc(-c3ccco3)ncn2)C1. The second-order valence-electron chi connectivity index (χ2n) is 6.89. The van der Waals surface area contributed by atoms with E-state index in [4.69, 9.17) is 9.15 Å². The number of aromatic nitrogens is 2. The van der Waals surface area contributed by atoms with Crippen LogP contribution in [0.5, 0.6) is 0 Å². The summed E-state index contributed by atoms with van der Waals surface area (Å²) < 4.78 is 10.8. The van der Waals surface area contributed by atoms with Crippen molar-refractivity contribution < 1.29 is 13.9 Å². The minimum Gasteiger partial charge on any atom is -0.463 e. The minimum absolute atomic E-state index is 0.113. The summed E-state index contributed by atoms with van der Waals surface area (Å²) >= 11 is 0. The molecule has 2 aromatic rings. The Bertz CT molecular complexity index is 703. The van der Waals surface area contributed by atoms with Crippen molar-refractivity contribution in [2.75, 3.05) is 25.0 Å². The monoisotopic (exact) mass is 330 g/mol. The molecule has 3 rings (SSSR count). The first kappa shape index (κ1) is 16.3. The first-order chi connectivity index (χ1) is 11.3. The van der Waals surface area contributed by atoms with Gasteiger partial charge >= 0.3 is 6.09 Å². The predicted octanol–water partition coefficient (Wildman–Crippen LogP) is 2.79. The Labute approximate surface area is 141 Å². The standard InChI is InChI=1S/C17H22N4O3/c1-17(2,3)24-16(22)20(4)12-9-21(10-12)15-8-13(18-11-19-15)14-6-5-7-23-14/h5-8,11-12H,9-10H2,1-4H3. The van der Waals surface area contributed by atoms with Crippen LogP contribution in [-0.2, 0) is 4.74 Å². The van der Waals surface area contributed by atoms with E-state index < -0.39 is 5.60 Å². The Morgan fingerprint density at radius 3 is 2.75 bits per heavy atom. The van der Waals surface area contributed by atoms with E-state index in [0.717, 1.165) is 11.5 Å². The lowest BCUT2D eigenvalue weighted by molar-refractivity contribution is 0.0196. The summed E-state index contributed by atoms with van der Waals surface area (Å²) in [5, 5.41) is 0. The molecule has 0 aromatic carbocycles. The first-order valence-corrected chi connectivity index (χ1v) is 7.90. The molecule has 1 saturated heterocycles. The summed E-state index contributed by atoms with van der Waals surface area (Å²) in [7, 11) is 1.77. The molecule has 7 nitrogen and oxygen atoms in total. The van der Waals surface area contributed by atoms with Gasteiger partial charge in [0.2, 0.25) is 0 Å². The summed E-state index contributed by atoms with van der Waals surface area (Å²) in [5.41, 5.74) is 0.258. The molecule has 0 aliphatic carbocycles. The molecule has 1 amide bonds. The minimum atomic E-state index is -0.487. The molecular weight excluding hydrogens is 308 g/mol. The number of nitrogens with zero attached hydrogens (tertiary/aromatic N) is 4. The van der Waals surface area contributed by atoms with Crippen LogP contribution >= 0.6 is 0 Å². The molecule has 7 heteroatoms. The van der Waals surface area contributed by atoms with Crippen molar-refractivity contribution in [2.24, 2.45) is 0 Å². The number of amides is 1. The Morgan fingerprint density at radius 2 is 2.12 bits per heavy atom. The molecule has 3 heterocycles.